The average Bonchev–Trinajstić information content (AvgIpc) is 3.11. The van der Waals surface area contributed by atoms with Crippen molar-refractivity contribution in [2.45, 2.75) is 25.8 Å². The van der Waals surface area contributed by atoms with Gasteiger partial charge in [0.1, 0.15) is 5.75 Å². The van der Waals surface area contributed by atoms with E-state index in [2.05, 4.69) is 5.32 Å². The van der Waals surface area contributed by atoms with Crippen molar-refractivity contribution in [3.8, 4) is 5.75 Å². The van der Waals surface area contributed by atoms with Crippen molar-refractivity contribution >= 4 is 5.78 Å². The molecule has 0 atom stereocenters. The van der Waals surface area contributed by atoms with Crippen molar-refractivity contribution in [2.24, 2.45) is 0 Å². The molecule has 0 heterocycles. The van der Waals surface area contributed by atoms with Crippen molar-refractivity contribution in [2.75, 3.05) is 13.2 Å². The molecule has 0 aromatic heterocycles. The van der Waals surface area contributed by atoms with Gasteiger partial charge in [0.25, 0.3) is 0 Å². The van der Waals surface area contributed by atoms with Gasteiger partial charge in [0, 0.05) is 11.6 Å². The predicted octanol–water partition coefficient (Wildman–Crippen LogP) is 2.02. The van der Waals surface area contributed by atoms with Crippen LogP contribution in [0.3, 0.4) is 0 Å². The maximum absolute atomic E-state index is 11.7. The normalized spacial score (nSPS) is 14.8. The Kier molecular flexibility index (Phi) is 3.57. The Morgan fingerprint density at radius 2 is 2.06 bits per heavy atom. The number of carbonyl (C=O) groups excluding carboxylic acids is 1. The van der Waals surface area contributed by atoms with Gasteiger partial charge >= 0.3 is 0 Å². The molecule has 1 aliphatic rings. The van der Waals surface area contributed by atoms with Crippen LogP contribution in [0.25, 0.3) is 0 Å². The third kappa shape index (κ3) is 3.07. The first kappa shape index (κ1) is 11.1. The predicted molar refractivity (Wildman–Crippen MR) is 63.0 cm³/mol. The molecule has 0 spiro atoms. The second-order valence-corrected chi connectivity index (χ2v) is 4.04. The second-order valence-electron chi connectivity index (χ2n) is 4.04. The molecule has 1 aliphatic carbocycles. The Hall–Kier alpha value is -1.35. The summed E-state index contributed by atoms with van der Waals surface area (Å²) < 4.78 is 5.32. The first-order valence-corrected chi connectivity index (χ1v) is 5.79. The highest BCUT2D eigenvalue weighted by Crippen LogP contribution is 2.18. The van der Waals surface area contributed by atoms with E-state index < -0.39 is 0 Å². The number of ether oxygens (including phenoxy) is 1. The largest absolute Gasteiger partial charge is 0.494 e. The fraction of sp³-hybridized carbons (Fsp3) is 0.462. The summed E-state index contributed by atoms with van der Waals surface area (Å²) in [5.41, 5.74) is 0.747. The molecule has 16 heavy (non-hydrogen) atoms. The minimum absolute atomic E-state index is 0.148. The van der Waals surface area contributed by atoms with Gasteiger partial charge in [-0.15, -0.1) is 0 Å². The lowest BCUT2D eigenvalue weighted by Gasteiger charge is -2.05. The monoisotopic (exact) mass is 219 g/mol. The van der Waals surface area contributed by atoms with E-state index in [-0.39, 0.29) is 5.78 Å². The number of carbonyl (C=O) groups is 1. The molecule has 3 nitrogen and oxygen atoms in total. The Morgan fingerprint density at radius 1 is 1.38 bits per heavy atom. The number of ketones is 1. The maximum Gasteiger partial charge on any atom is 0.176 e. The van der Waals surface area contributed by atoms with Crippen molar-refractivity contribution < 1.29 is 9.53 Å². The fourth-order valence-electron chi connectivity index (χ4n) is 1.53. The number of hydrogen-bond acceptors (Lipinski definition) is 3. The number of hydrogen-bond donors (Lipinski definition) is 1. The summed E-state index contributed by atoms with van der Waals surface area (Å²) in [6.45, 7) is 3.04. The van der Waals surface area contributed by atoms with E-state index in [1.165, 1.54) is 12.8 Å². The molecular weight excluding hydrogens is 202 g/mol. The molecule has 0 unspecified atom stereocenters. The molecule has 86 valence electrons. The topological polar surface area (TPSA) is 38.3 Å². The van der Waals surface area contributed by atoms with Gasteiger partial charge in [0.2, 0.25) is 0 Å². The van der Waals surface area contributed by atoms with Crippen LogP contribution < -0.4 is 10.1 Å². The lowest BCUT2D eigenvalue weighted by atomic mass is 10.1. The van der Waals surface area contributed by atoms with Crippen LogP contribution in [0, 0.1) is 0 Å². The first-order chi connectivity index (χ1) is 7.79. The van der Waals surface area contributed by atoms with Gasteiger partial charge in [-0.25, -0.2) is 0 Å². The van der Waals surface area contributed by atoms with Crippen LogP contribution in [0.1, 0.15) is 30.1 Å². The lowest BCUT2D eigenvalue weighted by molar-refractivity contribution is 0.0990. The van der Waals surface area contributed by atoms with E-state index >= 15 is 0 Å². The van der Waals surface area contributed by atoms with Gasteiger partial charge in [0.15, 0.2) is 5.78 Å². The summed E-state index contributed by atoms with van der Waals surface area (Å²) >= 11 is 0. The highest BCUT2D eigenvalue weighted by atomic mass is 16.5. The summed E-state index contributed by atoms with van der Waals surface area (Å²) in [7, 11) is 0. The van der Waals surface area contributed by atoms with E-state index in [0.717, 1.165) is 11.3 Å². The van der Waals surface area contributed by atoms with E-state index in [4.69, 9.17) is 4.74 Å². The minimum atomic E-state index is 0.148. The Labute approximate surface area is 95.8 Å². The van der Waals surface area contributed by atoms with Crippen LogP contribution >= 0.6 is 0 Å². The molecule has 1 saturated carbocycles. The summed E-state index contributed by atoms with van der Waals surface area (Å²) in [6.07, 6.45) is 2.41. The molecule has 0 radical (unpaired) electrons. The van der Waals surface area contributed by atoms with Gasteiger partial charge in [-0.3, -0.25) is 4.79 Å². The summed E-state index contributed by atoms with van der Waals surface area (Å²) in [6, 6.07) is 7.90. The van der Waals surface area contributed by atoms with Crippen molar-refractivity contribution in [1.29, 1.82) is 0 Å². The van der Waals surface area contributed by atoms with Gasteiger partial charge in [0.05, 0.1) is 13.2 Å². The minimum Gasteiger partial charge on any atom is -0.494 e. The third-order valence-corrected chi connectivity index (χ3v) is 2.62. The fourth-order valence-corrected chi connectivity index (χ4v) is 1.53. The zero-order chi connectivity index (χ0) is 11.4. The number of benzene rings is 1. The van der Waals surface area contributed by atoms with Crippen LogP contribution in [-0.4, -0.2) is 25.0 Å². The molecule has 2 rings (SSSR count). The van der Waals surface area contributed by atoms with E-state index in [1.54, 1.807) is 0 Å². The smallest absolute Gasteiger partial charge is 0.176 e. The number of Topliss-reactive ketones (excluding diaryl/α,β-unsaturated/α-hetero) is 1. The van der Waals surface area contributed by atoms with Crippen LogP contribution in [0.2, 0.25) is 0 Å². The third-order valence-electron chi connectivity index (χ3n) is 2.62. The quantitative estimate of drug-likeness (QED) is 0.744. The molecule has 1 aromatic carbocycles. The van der Waals surface area contributed by atoms with Crippen LogP contribution in [0.15, 0.2) is 24.3 Å². The lowest BCUT2D eigenvalue weighted by Crippen LogP contribution is -2.24. The van der Waals surface area contributed by atoms with Crippen LogP contribution in [0.4, 0.5) is 0 Å². The number of nitrogens with one attached hydrogen (secondary N) is 1. The maximum atomic E-state index is 11.7. The number of rotatable bonds is 6. The van der Waals surface area contributed by atoms with E-state index in [9.17, 15) is 4.79 Å². The Bertz CT molecular complexity index is 355. The summed E-state index contributed by atoms with van der Waals surface area (Å²) in [5, 5.41) is 3.21. The molecule has 1 N–H and O–H groups in total. The standard InChI is InChI=1S/C13H17NO2/c1-2-16-12-7-3-10(4-8-12)13(15)9-14-11-5-6-11/h3-4,7-8,11,14H,2,5-6,9H2,1H3. The zero-order valence-electron chi connectivity index (χ0n) is 9.53. The van der Waals surface area contributed by atoms with Gasteiger partial charge in [-0.1, -0.05) is 0 Å². The zero-order valence-corrected chi connectivity index (χ0v) is 9.53. The molecule has 1 fully saturated rings. The van der Waals surface area contributed by atoms with E-state index in [1.807, 2.05) is 31.2 Å². The Balaban J connectivity index is 1.88. The van der Waals surface area contributed by atoms with Gasteiger partial charge < -0.3 is 10.1 Å². The van der Waals surface area contributed by atoms with Gasteiger partial charge in [-0.05, 0) is 44.0 Å². The Morgan fingerprint density at radius 3 is 2.62 bits per heavy atom. The summed E-state index contributed by atoms with van der Waals surface area (Å²) in [4.78, 5) is 11.7. The van der Waals surface area contributed by atoms with Crippen LogP contribution in [-0.2, 0) is 0 Å². The first-order valence-electron chi connectivity index (χ1n) is 5.79. The molecule has 1 aromatic rings. The molecule has 0 bridgehead atoms. The highest BCUT2D eigenvalue weighted by Gasteiger charge is 2.21. The van der Waals surface area contributed by atoms with Gasteiger partial charge in [-0.2, -0.15) is 0 Å². The molecule has 0 saturated heterocycles. The molecule has 3 heteroatoms. The average molecular weight is 219 g/mol. The SMILES string of the molecule is CCOc1ccc(C(=O)CNC2CC2)cc1. The molecule has 0 amide bonds. The van der Waals surface area contributed by atoms with Crippen molar-refractivity contribution in [3.05, 3.63) is 29.8 Å². The second kappa shape index (κ2) is 5.12. The van der Waals surface area contributed by atoms with E-state index in [0.29, 0.717) is 19.2 Å². The highest BCUT2D eigenvalue weighted by molar-refractivity contribution is 5.97. The summed E-state index contributed by atoms with van der Waals surface area (Å²) in [5.74, 6) is 0.962. The molecular formula is C13H17NO2. The molecule has 0 aliphatic heterocycles. The van der Waals surface area contributed by atoms with Crippen molar-refractivity contribution in [1.82, 2.24) is 5.32 Å². The van der Waals surface area contributed by atoms with Crippen LogP contribution in [0.5, 0.6) is 5.75 Å². The van der Waals surface area contributed by atoms with Crippen molar-refractivity contribution in [3.63, 3.8) is 0 Å².